The number of methoxy groups -OCH3 is 1. The van der Waals surface area contributed by atoms with Gasteiger partial charge in [-0.05, 0) is 149 Å². The van der Waals surface area contributed by atoms with Gasteiger partial charge < -0.3 is 34.3 Å². The summed E-state index contributed by atoms with van der Waals surface area (Å²) in [6.45, 7) is 8.34. The minimum atomic E-state index is -4.60. The Morgan fingerprint density at radius 3 is 2.54 bits per heavy atom. The molecule has 6 aliphatic rings. The number of benzene rings is 3. The van der Waals surface area contributed by atoms with Gasteiger partial charge in [-0.15, -0.1) is 0 Å². The highest BCUT2D eigenvalue weighted by Gasteiger charge is 2.50. The van der Waals surface area contributed by atoms with Crippen molar-refractivity contribution in [2.24, 2.45) is 11.3 Å². The van der Waals surface area contributed by atoms with Crippen LogP contribution >= 0.6 is 0 Å². The van der Waals surface area contributed by atoms with E-state index in [1.165, 1.54) is 48.9 Å². The summed E-state index contributed by atoms with van der Waals surface area (Å²) in [6, 6.07) is 22.9. The molecule has 2 aromatic heterocycles. The molecule has 3 atom stereocenters. The minimum absolute atomic E-state index is 0.116. The van der Waals surface area contributed by atoms with Gasteiger partial charge in [0, 0.05) is 62.2 Å². The molecule has 2 aliphatic carbocycles. The zero-order valence-corrected chi connectivity index (χ0v) is 41.1. The van der Waals surface area contributed by atoms with Gasteiger partial charge in [-0.25, -0.2) is 13.1 Å². The highest BCUT2D eigenvalue weighted by Crippen LogP contribution is 2.55. The van der Waals surface area contributed by atoms with Gasteiger partial charge in [0.05, 0.1) is 45.9 Å². The number of nitrogens with zero attached hydrogens (tertiary/aromatic N) is 5. The SMILES string of the molecule is CCc1ccccc1[C@@H]1CCCN1C1CC2(CCN(c3ccc(C(=O)NS(=O)(=O)c4ccc(NCC5CCC(C)(OC)CC5)c([N+](=O)[O-])c4)c(N4c5cc6cc[nH]c6nc5O[C@H]5COC[C@@H]54)c3)CC2)C1. The zero-order valence-electron chi connectivity index (χ0n) is 40.3. The number of hydrogen-bond acceptors (Lipinski definition) is 13. The van der Waals surface area contributed by atoms with Gasteiger partial charge >= 0.3 is 0 Å². The lowest BCUT2D eigenvalue weighted by Crippen LogP contribution is -2.55. The summed E-state index contributed by atoms with van der Waals surface area (Å²) in [5, 5.41) is 16.4. The molecule has 1 amide bonds. The maximum Gasteiger partial charge on any atom is 0.293 e. The third-order valence-corrected chi connectivity index (χ3v) is 18.2. The predicted molar refractivity (Wildman–Crippen MR) is 269 cm³/mol. The van der Waals surface area contributed by atoms with E-state index < -0.39 is 37.5 Å². The van der Waals surface area contributed by atoms with Crippen LogP contribution in [0, 0.1) is 21.4 Å². The molecule has 370 valence electrons. The van der Waals surface area contributed by atoms with Crippen molar-refractivity contribution in [1.29, 1.82) is 0 Å². The Hall–Kier alpha value is -5.75. The van der Waals surface area contributed by atoms with E-state index in [2.05, 4.69) is 62.9 Å². The number of anilines is 4. The lowest BCUT2D eigenvalue weighted by Gasteiger charge is -2.56. The Labute approximate surface area is 409 Å². The number of carbonyl (C=O) groups excluding carboxylic acids is 1. The van der Waals surface area contributed by atoms with Crippen molar-refractivity contribution in [2.75, 3.05) is 61.6 Å². The molecular formula is C53H64N8O8S. The number of rotatable bonds is 13. The standard InChI is InChI=1S/C53H64N8O8S/c1-4-35-8-5-6-9-40(35)43-10-7-23-59(43)38-29-53(30-38)20-24-58(25-21-53)37-11-13-41(44(27-37)60-46-26-36-17-22-54-49(36)56-51(46)69-48-33-68-32-47(48)60)50(62)57-70(65,66)39-12-14-42(45(28-39)61(63)64)55-31-34-15-18-52(2,67-3)19-16-34/h5-6,8-9,11-14,17,22,26-28,34,38,43,47-48,55H,4,7,10,15-16,18-21,23-25,29-33H2,1-3H3,(H,54,56)(H,57,62)/t34?,43-,47-,48-,52?/m0/s1. The van der Waals surface area contributed by atoms with Crippen molar-refractivity contribution >= 4 is 55.4 Å². The van der Waals surface area contributed by atoms with Gasteiger partial charge in [0.25, 0.3) is 21.6 Å². The van der Waals surface area contributed by atoms with E-state index >= 15 is 0 Å². The van der Waals surface area contributed by atoms with Gasteiger partial charge in [-0.3, -0.25) is 19.8 Å². The van der Waals surface area contributed by atoms with E-state index in [9.17, 15) is 23.3 Å². The molecule has 11 rings (SSSR count). The van der Waals surface area contributed by atoms with Gasteiger partial charge in [-0.1, -0.05) is 31.2 Å². The normalized spacial score (nSPS) is 25.6. The third-order valence-electron chi connectivity index (χ3n) is 16.8. The number of aryl methyl sites for hydroxylation is 1. The summed E-state index contributed by atoms with van der Waals surface area (Å²) in [6.07, 6.45) is 13.0. The number of aromatic nitrogens is 2. The molecule has 17 heteroatoms. The van der Waals surface area contributed by atoms with Gasteiger partial charge in [0.15, 0.2) is 0 Å². The van der Waals surface area contributed by atoms with Crippen LogP contribution in [-0.2, 0) is 25.9 Å². The Morgan fingerprint density at radius 2 is 1.77 bits per heavy atom. The van der Waals surface area contributed by atoms with Gasteiger partial charge in [-0.2, -0.15) is 4.98 Å². The zero-order chi connectivity index (χ0) is 48.4. The van der Waals surface area contributed by atoms with Crippen molar-refractivity contribution in [3.05, 3.63) is 106 Å². The number of piperidine rings is 1. The summed E-state index contributed by atoms with van der Waals surface area (Å²) in [7, 11) is -2.87. The average molecular weight is 973 g/mol. The molecule has 0 radical (unpaired) electrons. The van der Waals surface area contributed by atoms with Crippen LogP contribution in [-0.4, -0.2) is 104 Å². The molecule has 3 saturated heterocycles. The molecule has 6 heterocycles. The largest absolute Gasteiger partial charge is 0.468 e. The van der Waals surface area contributed by atoms with Crippen molar-refractivity contribution in [1.82, 2.24) is 19.6 Å². The first-order valence-electron chi connectivity index (χ1n) is 25.2. The van der Waals surface area contributed by atoms with Gasteiger partial charge in [0.1, 0.15) is 23.1 Å². The van der Waals surface area contributed by atoms with E-state index in [1.54, 1.807) is 13.2 Å². The van der Waals surface area contributed by atoms with Crippen LogP contribution in [0.4, 0.5) is 28.4 Å². The fourth-order valence-corrected chi connectivity index (χ4v) is 13.5. The number of nitro groups is 1. The number of nitrogens with one attached hydrogen (secondary N) is 3. The quantitative estimate of drug-likeness (QED) is 0.0751. The second kappa shape index (κ2) is 18.5. The summed E-state index contributed by atoms with van der Waals surface area (Å²) < 4.78 is 48.7. The van der Waals surface area contributed by atoms with Crippen LogP contribution in [0.2, 0.25) is 0 Å². The molecule has 16 nitrogen and oxygen atoms in total. The van der Waals surface area contributed by atoms with Crippen molar-refractivity contribution in [3.8, 4) is 5.88 Å². The molecule has 5 fully saturated rings. The molecule has 5 aromatic rings. The number of sulfonamides is 1. The van der Waals surface area contributed by atoms with Crippen LogP contribution in [0.5, 0.6) is 5.88 Å². The molecule has 2 saturated carbocycles. The Bertz CT molecular complexity index is 2900. The van der Waals surface area contributed by atoms with Crippen molar-refractivity contribution < 1.29 is 32.3 Å². The first kappa shape index (κ1) is 46.6. The second-order valence-electron chi connectivity index (χ2n) is 20.9. The molecular weight excluding hydrogens is 909 g/mol. The summed E-state index contributed by atoms with van der Waals surface area (Å²) >= 11 is 0. The number of hydrogen-bond donors (Lipinski definition) is 3. The van der Waals surface area contributed by atoms with Crippen LogP contribution in [0.15, 0.2) is 83.9 Å². The second-order valence-corrected chi connectivity index (χ2v) is 22.6. The van der Waals surface area contributed by atoms with Crippen molar-refractivity contribution in [2.45, 2.75) is 119 Å². The molecule has 70 heavy (non-hydrogen) atoms. The predicted octanol–water partition coefficient (Wildman–Crippen LogP) is 9.04. The highest BCUT2D eigenvalue weighted by atomic mass is 32.2. The van der Waals surface area contributed by atoms with E-state index in [1.807, 2.05) is 35.4 Å². The smallest absolute Gasteiger partial charge is 0.293 e. The summed E-state index contributed by atoms with van der Waals surface area (Å²) in [5.41, 5.74) is 5.73. The molecule has 3 aromatic carbocycles. The fraction of sp³-hybridized carbons (Fsp3) is 0.509. The number of amides is 1. The van der Waals surface area contributed by atoms with Crippen molar-refractivity contribution in [3.63, 3.8) is 0 Å². The topological polar surface area (TPSA) is 184 Å². The number of H-pyrrole nitrogens is 1. The third kappa shape index (κ3) is 8.66. The van der Waals surface area contributed by atoms with Crippen LogP contribution < -0.4 is 24.6 Å². The number of carbonyl (C=O) groups is 1. The van der Waals surface area contributed by atoms with E-state index in [-0.39, 0.29) is 28.8 Å². The number of nitro benzene ring substituents is 1. The first-order valence-corrected chi connectivity index (χ1v) is 26.7. The number of likely N-dealkylation sites (tertiary alicyclic amines) is 1. The summed E-state index contributed by atoms with van der Waals surface area (Å²) in [5.74, 6) is -0.210. The molecule has 3 N–H and O–H groups in total. The van der Waals surface area contributed by atoms with Gasteiger partial charge in [0.2, 0.25) is 5.88 Å². The maximum atomic E-state index is 14.6. The minimum Gasteiger partial charge on any atom is -0.468 e. The molecule has 0 unspecified atom stereocenters. The monoisotopic (exact) mass is 972 g/mol. The average Bonchev–Trinajstić information content (AvgIpc) is 4.16. The molecule has 1 spiro atoms. The Kier molecular flexibility index (Phi) is 12.3. The van der Waals surface area contributed by atoms with Crippen LogP contribution in [0.1, 0.15) is 106 Å². The number of fused-ring (bicyclic) bond motifs is 3. The highest BCUT2D eigenvalue weighted by molar-refractivity contribution is 7.90. The fourth-order valence-electron chi connectivity index (χ4n) is 12.6. The number of pyridine rings is 1. The number of ether oxygens (including phenoxy) is 3. The maximum absolute atomic E-state index is 14.6. The van der Waals surface area contributed by atoms with E-state index in [0.29, 0.717) is 60.2 Å². The van der Waals surface area contributed by atoms with E-state index in [0.717, 1.165) is 81.7 Å². The first-order chi connectivity index (χ1) is 33.8. The molecule has 4 aliphatic heterocycles. The Balaban J connectivity index is 0.853. The molecule has 0 bridgehead atoms. The lowest BCUT2D eigenvalue weighted by molar-refractivity contribution is -0.384. The van der Waals surface area contributed by atoms with Crippen LogP contribution in [0.3, 0.4) is 0 Å². The van der Waals surface area contributed by atoms with Crippen LogP contribution in [0.25, 0.3) is 11.0 Å². The number of aromatic amines is 1. The van der Waals surface area contributed by atoms with E-state index in [4.69, 9.17) is 19.2 Å². The Morgan fingerprint density at radius 1 is 0.971 bits per heavy atom. The summed E-state index contributed by atoms with van der Waals surface area (Å²) in [4.78, 5) is 41.2. The lowest BCUT2D eigenvalue weighted by atomic mass is 9.59.